The molecule has 142 valence electrons. The first-order valence-electron chi connectivity index (χ1n) is 8.77. The fourth-order valence-corrected chi connectivity index (χ4v) is 4.39. The van der Waals surface area contributed by atoms with Gasteiger partial charge in [-0.25, -0.2) is 13.8 Å². The molecule has 2 heterocycles. The molecule has 1 N–H and O–H groups in total. The number of aryl methyl sites for hydroxylation is 1. The van der Waals surface area contributed by atoms with Gasteiger partial charge in [-0.3, -0.25) is 9.78 Å². The highest BCUT2D eigenvalue weighted by molar-refractivity contribution is 7.89. The monoisotopic (exact) mass is 386 g/mol. The van der Waals surface area contributed by atoms with Crippen LogP contribution in [0.25, 0.3) is 0 Å². The molecule has 27 heavy (non-hydrogen) atoms. The van der Waals surface area contributed by atoms with Crippen molar-refractivity contribution in [2.24, 2.45) is 11.0 Å². The van der Waals surface area contributed by atoms with Gasteiger partial charge < -0.3 is 0 Å². The lowest BCUT2D eigenvalue weighted by molar-refractivity contribution is -0.126. The van der Waals surface area contributed by atoms with Crippen molar-refractivity contribution in [2.45, 2.75) is 24.7 Å². The Bertz CT molecular complexity index is 904. The van der Waals surface area contributed by atoms with Crippen LogP contribution in [0.15, 0.2) is 58.7 Å². The van der Waals surface area contributed by atoms with Crippen molar-refractivity contribution in [3.8, 4) is 0 Å². The molecule has 1 amide bonds. The summed E-state index contributed by atoms with van der Waals surface area (Å²) in [5.41, 5.74) is 4.17. The van der Waals surface area contributed by atoms with E-state index in [4.69, 9.17) is 0 Å². The van der Waals surface area contributed by atoms with E-state index in [1.54, 1.807) is 42.6 Å². The topological polar surface area (TPSA) is 91.7 Å². The van der Waals surface area contributed by atoms with Crippen LogP contribution in [0.5, 0.6) is 0 Å². The highest BCUT2D eigenvalue weighted by Crippen LogP contribution is 2.24. The zero-order chi connectivity index (χ0) is 19.3. The van der Waals surface area contributed by atoms with Crippen molar-refractivity contribution in [3.05, 3.63) is 59.9 Å². The molecule has 0 bridgehead atoms. The number of hydrazone groups is 1. The molecule has 1 aromatic heterocycles. The number of pyridine rings is 1. The zero-order valence-corrected chi connectivity index (χ0v) is 15.9. The molecule has 1 aliphatic rings. The molecular formula is C19H22N4O3S. The Morgan fingerprint density at radius 2 is 1.89 bits per heavy atom. The fraction of sp³-hybridized carbons (Fsp3) is 0.316. The Morgan fingerprint density at radius 3 is 2.52 bits per heavy atom. The molecule has 8 heteroatoms. The van der Waals surface area contributed by atoms with Gasteiger partial charge in [-0.15, -0.1) is 0 Å². The predicted molar refractivity (Wildman–Crippen MR) is 103 cm³/mol. The average Bonchev–Trinajstić information content (AvgIpc) is 2.69. The maximum Gasteiger partial charge on any atom is 0.243 e. The Kier molecular flexibility index (Phi) is 5.98. The molecule has 0 aliphatic carbocycles. The molecular weight excluding hydrogens is 364 g/mol. The van der Waals surface area contributed by atoms with E-state index in [0.717, 1.165) is 5.56 Å². The van der Waals surface area contributed by atoms with Crippen LogP contribution in [0.2, 0.25) is 0 Å². The van der Waals surface area contributed by atoms with Crippen LogP contribution < -0.4 is 5.43 Å². The minimum atomic E-state index is -3.52. The third-order valence-electron chi connectivity index (χ3n) is 4.54. The van der Waals surface area contributed by atoms with Gasteiger partial charge in [-0.05, 0) is 44.0 Å². The molecule has 0 saturated carbocycles. The first kappa shape index (κ1) is 19.2. The van der Waals surface area contributed by atoms with Crippen molar-refractivity contribution >= 4 is 22.1 Å². The first-order valence-corrected chi connectivity index (χ1v) is 10.2. The van der Waals surface area contributed by atoms with Crippen LogP contribution in [0.1, 0.15) is 24.1 Å². The summed E-state index contributed by atoms with van der Waals surface area (Å²) in [5, 5.41) is 3.92. The molecule has 2 aromatic rings. The number of aromatic nitrogens is 1. The van der Waals surface area contributed by atoms with Gasteiger partial charge in [0, 0.05) is 25.2 Å². The van der Waals surface area contributed by atoms with E-state index in [2.05, 4.69) is 15.5 Å². The lowest BCUT2D eigenvalue weighted by Gasteiger charge is -2.30. The second-order valence-corrected chi connectivity index (χ2v) is 8.42. The SMILES string of the molecule is Cc1ccc(S(=O)(=O)N2CCC(C(=O)N/N=C/c3ccccn3)CC2)cc1. The van der Waals surface area contributed by atoms with Crippen molar-refractivity contribution in [2.75, 3.05) is 13.1 Å². The number of hydrogen-bond donors (Lipinski definition) is 1. The van der Waals surface area contributed by atoms with Gasteiger partial charge in [-0.2, -0.15) is 9.41 Å². The maximum atomic E-state index is 12.7. The number of piperidine rings is 1. The largest absolute Gasteiger partial charge is 0.273 e. The molecule has 1 fully saturated rings. The zero-order valence-electron chi connectivity index (χ0n) is 15.1. The number of amides is 1. The van der Waals surface area contributed by atoms with Crippen molar-refractivity contribution < 1.29 is 13.2 Å². The predicted octanol–water partition coefficient (Wildman–Crippen LogP) is 1.94. The van der Waals surface area contributed by atoms with Crippen LogP contribution in [-0.4, -0.2) is 42.9 Å². The van der Waals surface area contributed by atoms with E-state index in [-0.39, 0.29) is 16.7 Å². The summed E-state index contributed by atoms with van der Waals surface area (Å²) in [6.45, 7) is 2.55. The molecule has 0 radical (unpaired) electrons. The van der Waals surface area contributed by atoms with Crippen molar-refractivity contribution in [1.29, 1.82) is 0 Å². The second-order valence-electron chi connectivity index (χ2n) is 6.48. The minimum Gasteiger partial charge on any atom is -0.273 e. The normalized spacial score (nSPS) is 16.5. The van der Waals surface area contributed by atoms with Crippen LogP contribution in [0.3, 0.4) is 0 Å². The van der Waals surface area contributed by atoms with Gasteiger partial charge in [-0.1, -0.05) is 23.8 Å². The van der Waals surface area contributed by atoms with Gasteiger partial charge in [0.1, 0.15) is 0 Å². The van der Waals surface area contributed by atoms with E-state index in [0.29, 0.717) is 31.6 Å². The van der Waals surface area contributed by atoms with Crippen molar-refractivity contribution in [1.82, 2.24) is 14.7 Å². The summed E-state index contributed by atoms with van der Waals surface area (Å²) >= 11 is 0. The standard InChI is InChI=1S/C19H22N4O3S/c1-15-5-7-18(8-6-15)27(25,26)23-12-9-16(10-13-23)19(24)22-21-14-17-4-2-3-11-20-17/h2-8,11,14,16H,9-10,12-13H2,1H3,(H,22,24)/b21-14+. The number of benzene rings is 1. The summed E-state index contributed by atoms with van der Waals surface area (Å²) in [6, 6.07) is 12.2. The van der Waals surface area contributed by atoms with Gasteiger partial charge in [0.25, 0.3) is 0 Å². The van der Waals surface area contributed by atoms with E-state index in [1.165, 1.54) is 10.5 Å². The minimum absolute atomic E-state index is 0.199. The van der Waals surface area contributed by atoms with E-state index in [9.17, 15) is 13.2 Å². The van der Waals surface area contributed by atoms with Crippen LogP contribution in [0.4, 0.5) is 0 Å². The Hall–Kier alpha value is -2.58. The highest BCUT2D eigenvalue weighted by Gasteiger charge is 2.31. The van der Waals surface area contributed by atoms with Gasteiger partial charge in [0.2, 0.25) is 15.9 Å². The van der Waals surface area contributed by atoms with Gasteiger partial charge >= 0.3 is 0 Å². The second kappa shape index (κ2) is 8.41. The summed E-state index contributed by atoms with van der Waals surface area (Å²) in [5.74, 6) is -0.454. The van der Waals surface area contributed by atoms with E-state index < -0.39 is 10.0 Å². The molecule has 0 atom stereocenters. The molecule has 0 spiro atoms. The number of carbonyl (C=O) groups excluding carboxylic acids is 1. The molecule has 0 unspecified atom stereocenters. The van der Waals surface area contributed by atoms with E-state index >= 15 is 0 Å². The molecule has 7 nitrogen and oxygen atoms in total. The molecule has 1 aromatic carbocycles. The first-order chi connectivity index (χ1) is 13.0. The third-order valence-corrected chi connectivity index (χ3v) is 6.46. The van der Waals surface area contributed by atoms with Crippen LogP contribution in [0, 0.1) is 12.8 Å². The lowest BCUT2D eigenvalue weighted by Crippen LogP contribution is -2.42. The Balaban J connectivity index is 1.54. The Morgan fingerprint density at radius 1 is 1.19 bits per heavy atom. The van der Waals surface area contributed by atoms with Crippen molar-refractivity contribution in [3.63, 3.8) is 0 Å². The van der Waals surface area contributed by atoms with Crippen LogP contribution in [-0.2, 0) is 14.8 Å². The summed E-state index contributed by atoms with van der Waals surface area (Å²) in [6.07, 6.45) is 4.06. The smallest absolute Gasteiger partial charge is 0.243 e. The third kappa shape index (κ3) is 4.78. The molecule has 1 aliphatic heterocycles. The number of carbonyl (C=O) groups is 1. The summed E-state index contributed by atoms with van der Waals surface area (Å²) in [4.78, 5) is 16.6. The van der Waals surface area contributed by atoms with Crippen LogP contribution >= 0.6 is 0 Å². The number of nitrogens with zero attached hydrogens (tertiary/aromatic N) is 3. The number of hydrogen-bond acceptors (Lipinski definition) is 5. The molecule has 1 saturated heterocycles. The number of sulfonamides is 1. The molecule has 3 rings (SSSR count). The average molecular weight is 386 g/mol. The van der Waals surface area contributed by atoms with Gasteiger partial charge in [0.15, 0.2) is 0 Å². The lowest BCUT2D eigenvalue weighted by atomic mass is 9.98. The summed E-state index contributed by atoms with van der Waals surface area (Å²) < 4.78 is 26.8. The Labute approximate surface area is 159 Å². The summed E-state index contributed by atoms with van der Waals surface area (Å²) in [7, 11) is -3.52. The highest BCUT2D eigenvalue weighted by atomic mass is 32.2. The number of nitrogens with one attached hydrogen (secondary N) is 1. The maximum absolute atomic E-state index is 12.7. The van der Waals surface area contributed by atoms with E-state index in [1.807, 2.05) is 13.0 Å². The van der Waals surface area contributed by atoms with Gasteiger partial charge in [0.05, 0.1) is 16.8 Å². The number of rotatable bonds is 5. The fourth-order valence-electron chi connectivity index (χ4n) is 2.92. The quantitative estimate of drug-likeness (QED) is 0.628.